The van der Waals surface area contributed by atoms with Gasteiger partial charge in [-0.25, -0.2) is 4.79 Å². The van der Waals surface area contributed by atoms with Gasteiger partial charge in [0.15, 0.2) is 0 Å². The molecule has 8 nitrogen and oxygen atoms in total. The second-order valence-corrected chi connectivity index (χ2v) is 10.6. The van der Waals surface area contributed by atoms with Crippen molar-refractivity contribution in [2.75, 3.05) is 26.2 Å². The van der Waals surface area contributed by atoms with Gasteiger partial charge < -0.3 is 20.2 Å². The maximum atomic E-state index is 12.5. The lowest BCUT2D eigenvalue weighted by atomic mass is 9.62. The average Bonchev–Trinajstić information content (AvgIpc) is 2.94. The molecule has 8 heteroatoms. The topological polar surface area (TPSA) is 105 Å². The molecule has 1 saturated heterocycles. The Balaban J connectivity index is 1.44. The molecule has 2 saturated carbocycles. The first-order chi connectivity index (χ1) is 14.6. The Labute approximate surface area is 184 Å². The lowest BCUT2D eigenvalue weighted by Crippen LogP contribution is -2.49. The number of carbonyl (C=O) groups excluding carboxylic acids is 4. The Morgan fingerprint density at radius 2 is 1.77 bits per heavy atom. The molecule has 0 aromatic rings. The number of alkyl carbamates (subject to hydrolysis) is 1. The highest BCUT2D eigenvalue weighted by Gasteiger charge is 2.48. The van der Waals surface area contributed by atoms with Crippen molar-refractivity contribution in [2.45, 2.75) is 71.8 Å². The van der Waals surface area contributed by atoms with Crippen molar-refractivity contribution >= 4 is 24.2 Å². The maximum Gasteiger partial charge on any atom is 0.407 e. The third-order valence-corrected chi connectivity index (χ3v) is 7.07. The molecule has 0 aromatic carbocycles. The number of carbonyl (C=O) groups is 4. The molecule has 0 bridgehead atoms. The molecule has 0 aromatic heterocycles. The van der Waals surface area contributed by atoms with E-state index in [0.717, 1.165) is 51.2 Å². The molecule has 3 rings (SSSR count). The second-order valence-electron chi connectivity index (χ2n) is 10.6. The summed E-state index contributed by atoms with van der Waals surface area (Å²) in [5.41, 5.74) is -0.00963. The van der Waals surface area contributed by atoms with Gasteiger partial charge in [0, 0.05) is 12.6 Å². The highest BCUT2D eigenvalue weighted by atomic mass is 16.5. The molecular weight excluding hydrogens is 398 g/mol. The molecule has 0 spiro atoms. The number of imide groups is 1. The first-order valence-corrected chi connectivity index (χ1v) is 11.6. The standard InChI is InChI=1S/C23H37N3O5/c1-22(2)12-16(24-8-10-27)13-23(3,14-22)15-25-21(30)31-11-9-26-19(28)17-6-4-5-7-18(17)20(26)29/h10,16-18,24H,4-9,11-15H2,1-3H3,(H,25,30). The van der Waals surface area contributed by atoms with Crippen LogP contribution in [0.4, 0.5) is 4.79 Å². The molecule has 0 radical (unpaired) electrons. The van der Waals surface area contributed by atoms with Crippen molar-refractivity contribution in [3.63, 3.8) is 0 Å². The van der Waals surface area contributed by atoms with Crippen molar-refractivity contribution in [2.24, 2.45) is 22.7 Å². The Bertz CT molecular complexity index is 685. The molecule has 1 heterocycles. The van der Waals surface area contributed by atoms with Crippen molar-refractivity contribution < 1.29 is 23.9 Å². The minimum atomic E-state index is -0.529. The molecule has 3 aliphatic rings. The fourth-order valence-electron chi connectivity index (χ4n) is 6.15. The van der Waals surface area contributed by atoms with Gasteiger partial charge in [-0.05, 0) is 42.9 Å². The summed E-state index contributed by atoms with van der Waals surface area (Å²) in [5.74, 6) is -0.565. The first kappa shape index (κ1) is 23.7. The van der Waals surface area contributed by atoms with Crippen molar-refractivity contribution in [3.05, 3.63) is 0 Å². The van der Waals surface area contributed by atoms with Gasteiger partial charge in [0.2, 0.25) is 11.8 Å². The summed E-state index contributed by atoms with van der Waals surface area (Å²) >= 11 is 0. The Morgan fingerprint density at radius 3 is 2.39 bits per heavy atom. The van der Waals surface area contributed by atoms with E-state index in [1.807, 2.05) is 0 Å². The molecule has 1 aliphatic heterocycles. The number of amides is 3. The summed E-state index contributed by atoms with van der Waals surface area (Å²) in [5, 5.41) is 6.14. The van der Waals surface area contributed by atoms with E-state index in [0.29, 0.717) is 13.1 Å². The zero-order valence-electron chi connectivity index (χ0n) is 19.1. The first-order valence-electron chi connectivity index (χ1n) is 11.6. The molecule has 2 aliphatic carbocycles. The van der Waals surface area contributed by atoms with Crippen molar-refractivity contribution in [1.82, 2.24) is 15.5 Å². The van der Waals surface area contributed by atoms with Gasteiger partial charge in [-0.1, -0.05) is 33.6 Å². The summed E-state index contributed by atoms with van der Waals surface area (Å²) in [6, 6.07) is 0.229. The lowest BCUT2D eigenvalue weighted by molar-refractivity contribution is -0.140. The van der Waals surface area contributed by atoms with Crippen LogP contribution in [0.3, 0.4) is 0 Å². The molecule has 4 unspecified atom stereocenters. The van der Waals surface area contributed by atoms with Crippen LogP contribution in [0.5, 0.6) is 0 Å². The third-order valence-electron chi connectivity index (χ3n) is 7.07. The largest absolute Gasteiger partial charge is 0.448 e. The molecular formula is C23H37N3O5. The SMILES string of the molecule is CC1(C)CC(NCC=O)CC(C)(CNC(=O)OCCN2C(=O)C3CCCCC3C2=O)C1. The van der Waals surface area contributed by atoms with E-state index < -0.39 is 6.09 Å². The number of aldehydes is 1. The van der Waals surface area contributed by atoms with Gasteiger partial charge in [0.25, 0.3) is 0 Å². The summed E-state index contributed by atoms with van der Waals surface area (Å²) in [6.45, 7) is 7.50. The Kier molecular flexibility index (Phi) is 7.39. The number of nitrogens with one attached hydrogen (secondary N) is 2. The third kappa shape index (κ3) is 5.84. The van der Waals surface area contributed by atoms with Gasteiger partial charge >= 0.3 is 6.09 Å². The predicted molar refractivity (Wildman–Crippen MR) is 115 cm³/mol. The van der Waals surface area contributed by atoms with Crippen molar-refractivity contribution in [1.29, 1.82) is 0 Å². The molecule has 3 fully saturated rings. The predicted octanol–water partition coefficient (Wildman–Crippen LogP) is 2.26. The zero-order valence-corrected chi connectivity index (χ0v) is 19.1. The monoisotopic (exact) mass is 435 g/mol. The van der Waals surface area contributed by atoms with Crippen LogP contribution in [-0.2, 0) is 19.1 Å². The number of hydrogen-bond acceptors (Lipinski definition) is 6. The average molecular weight is 436 g/mol. The fraction of sp³-hybridized carbons (Fsp3) is 0.826. The lowest BCUT2D eigenvalue weighted by Gasteiger charge is -2.47. The van der Waals surface area contributed by atoms with E-state index in [2.05, 4.69) is 31.4 Å². The van der Waals surface area contributed by atoms with Gasteiger partial charge in [-0.2, -0.15) is 0 Å². The van der Waals surface area contributed by atoms with Gasteiger partial charge in [0.1, 0.15) is 12.9 Å². The van der Waals surface area contributed by atoms with Crippen LogP contribution in [0.25, 0.3) is 0 Å². The van der Waals surface area contributed by atoms with E-state index in [-0.39, 0.29) is 53.7 Å². The van der Waals surface area contributed by atoms with E-state index in [9.17, 15) is 19.2 Å². The number of rotatable bonds is 8. The summed E-state index contributed by atoms with van der Waals surface area (Å²) in [6.07, 6.45) is 6.71. The van der Waals surface area contributed by atoms with Crippen LogP contribution in [0.1, 0.15) is 65.7 Å². The van der Waals surface area contributed by atoms with E-state index in [4.69, 9.17) is 4.74 Å². The van der Waals surface area contributed by atoms with E-state index in [1.54, 1.807) is 0 Å². The number of likely N-dealkylation sites (tertiary alicyclic amines) is 1. The van der Waals surface area contributed by atoms with Crippen LogP contribution < -0.4 is 10.6 Å². The molecule has 2 N–H and O–H groups in total. The summed E-state index contributed by atoms with van der Waals surface area (Å²) in [4.78, 5) is 49.2. The van der Waals surface area contributed by atoms with Crippen LogP contribution in [0, 0.1) is 22.7 Å². The van der Waals surface area contributed by atoms with Gasteiger partial charge in [-0.3, -0.25) is 14.5 Å². The number of fused-ring (bicyclic) bond motifs is 1. The number of nitrogens with zero attached hydrogens (tertiary/aromatic N) is 1. The zero-order chi connectivity index (χ0) is 22.6. The molecule has 31 heavy (non-hydrogen) atoms. The minimum absolute atomic E-state index is 0.00841. The number of ether oxygens (including phenoxy) is 1. The van der Waals surface area contributed by atoms with Crippen LogP contribution in [-0.4, -0.2) is 61.4 Å². The quantitative estimate of drug-likeness (QED) is 0.448. The molecule has 3 amide bonds. The Hall–Kier alpha value is -1.96. The summed E-state index contributed by atoms with van der Waals surface area (Å²) < 4.78 is 5.28. The highest BCUT2D eigenvalue weighted by Crippen LogP contribution is 2.45. The summed E-state index contributed by atoms with van der Waals surface area (Å²) in [7, 11) is 0. The molecule has 174 valence electrons. The van der Waals surface area contributed by atoms with E-state index in [1.165, 1.54) is 4.90 Å². The Morgan fingerprint density at radius 1 is 1.13 bits per heavy atom. The second kappa shape index (κ2) is 9.67. The molecule has 4 atom stereocenters. The van der Waals surface area contributed by atoms with Crippen LogP contribution >= 0.6 is 0 Å². The van der Waals surface area contributed by atoms with Crippen molar-refractivity contribution in [3.8, 4) is 0 Å². The van der Waals surface area contributed by atoms with Crippen LogP contribution in [0.2, 0.25) is 0 Å². The van der Waals surface area contributed by atoms with Gasteiger partial charge in [0.05, 0.1) is 24.9 Å². The normalized spacial score (nSPS) is 32.5. The van der Waals surface area contributed by atoms with Crippen LogP contribution in [0.15, 0.2) is 0 Å². The number of hydrogen-bond donors (Lipinski definition) is 2. The smallest absolute Gasteiger partial charge is 0.407 e. The van der Waals surface area contributed by atoms with Gasteiger partial charge in [-0.15, -0.1) is 0 Å². The van der Waals surface area contributed by atoms with E-state index >= 15 is 0 Å². The fourth-order valence-corrected chi connectivity index (χ4v) is 6.15. The minimum Gasteiger partial charge on any atom is -0.448 e. The highest BCUT2D eigenvalue weighted by molar-refractivity contribution is 6.05. The maximum absolute atomic E-state index is 12.5.